The molecule has 112 valence electrons. The van der Waals surface area contributed by atoms with Crippen molar-refractivity contribution in [2.75, 3.05) is 11.9 Å². The first kappa shape index (κ1) is 14.9. The van der Waals surface area contributed by atoms with Crippen molar-refractivity contribution >= 4 is 11.6 Å². The summed E-state index contributed by atoms with van der Waals surface area (Å²) in [4.78, 5) is 14.9. The Morgan fingerprint density at radius 2 is 2.14 bits per heavy atom. The number of nitrogens with zero attached hydrogens (tertiary/aromatic N) is 2. The molecule has 2 aromatic rings. The lowest BCUT2D eigenvalue weighted by Gasteiger charge is -2.15. The van der Waals surface area contributed by atoms with Crippen molar-refractivity contribution < 1.29 is 9.53 Å². The summed E-state index contributed by atoms with van der Waals surface area (Å²) >= 11 is 0. The van der Waals surface area contributed by atoms with Gasteiger partial charge in [-0.25, -0.2) is 4.98 Å². The SMILES string of the molecule is CC(Nc1ccc(OCCC(N)=O)cc1)c1nccn1C. The van der Waals surface area contributed by atoms with Gasteiger partial charge >= 0.3 is 0 Å². The number of amides is 1. The highest BCUT2D eigenvalue weighted by Gasteiger charge is 2.09. The van der Waals surface area contributed by atoms with Crippen LogP contribution in [-0.2, 0) is 11.8 Å². The molecule has 1 unspecified atom stereocenters. The van der Waals surface area contributed by atoms with Crippen LogP contribution in [0.1, 0.15) is 25.2 Å². The Morgan fingerprint density at radius 1 is 1.43 bits per heavy atom. The minimum Gasteiger partial charge on any atom is -0.493 e. The van der Waals surface area contributed by atoms with Crippen molar-refractivity contribution in [3.05, 3.63) is 42.5 Å². The lowest BCUT2D eigenvalue weighted by Crippen LogP contribution is -2.14. The highest BCUT2D eigenvalue weighted by molar-refractivity contribution is 5.73. The lowest BCUT2D eigenvalue weighted by atomic mass is 10.2. The zero-order valence-electron chi connectivity index (χ0n) is 12.2. The van der Waals surface area contributed by atoms with Crippen molar-refractivity contribution in [3.63, 3.8) is 0 Å². The maximum atomic E-state index is 10.6. The second-order valence-electron chi connectivity index (χ2n) is 4.85. The van der Waals surface area contributed by atoms with Gasteiger partial charge in [0.25, 0.3) is 0 Å². The third-order valence-electron chi connectivity index (χ3n) is 3.10. The van der Waals surface area contributed by atoms with Crippen LogP contribution in [0.15, 0.2) is 36.7 Å². The molecule has 1 heterocycles. The second kappa shape index (κ2) is 6.78. The van der Waals surface area contributed by atoms with Gasteiger partial charge in [0.15, 0.2) is 0 Å². The summed E-state index contributed by atoms with van der Waals surface area (Å²) in [5, 5.41) is 3.37. The third kappa shape index (κ3) is 4.24. The van der Waals surface area contributed by atoms with Gasteiger partial charge in [0, 0.05) is 25.1 Å². The molecule has 1 aromatic heterocycles. The number of carbonyl (C=O) groups is 1. The number of hydrogen-bond acceptors (Lipinski definition) is 4. The van der Waals surface area contributed by atoms with Crippen LogP contribution in [0.4, 0.5) is 5.69 Å². The maximum absolute atomic E-state index is 10.6. The van der Waals surface area contributed by atoms with Crippen molar-refractivity contribution in [1.29, 1.82) is 0 Å². The number of ether oxygens (including phenoxy) is 1. The minimum absolute atomic E-state index is 0.103. The van der Waals surface area contributed by atoms with E-state index in [1.807, 2.05) is 42.1 Å². The minimum atomic E-state index is -0.364. The maximum Gasteiger partial charge on any atom is 0.220 e. The van der Waals surface area contributed by atoms with E-state index in [-0.39, 0.29) is 18.4 Å². The van der Waals surface area contributed by atoms with E-state index in [2.05, 4.69) is 17.2 Å². The summed E-state index contributed by atoms with van der Waals surface area (Å²) in [6.45, 7) is 2.35. The van der Waals surface area contributed by atoms with Crippen LogP contribution in [0.3, 0.4) is 0 Å². The van der Waals surface area contributed by atoms with Crippen molar-refractivity contribution in [1.82, 2.24) is 9.55 Å². The Kier molecular flexibility index (Phi) is 4.81. The number of hydrogen-bond donors (Lipinski definition) is 2. The van der Waals surface area contributed by atoms with Gasteiger partial charge in [-0.2, -0.15) is 0 Å². The fourth-order valence-corrected chi connectivity index (χ4v) is 2.03. The fourth-order valence-electron chi connectivity index (χ4n) is 2.03. The van der Waals surface area contributed by atoms with Gasteiger partial charge in [-0.3, -0.25) is 4.79 Å². The normalized spacial score (nSPS) is 11.9. The summed E-state index contributed by atoms with van der Waals surface area (Å²) in [6.07, 6.45) is 3.92. The Hall–Kier alpha value is -2.50. The van der Waals surface area contributed by atoms with Gasteiger partial charge in [-0.05, 0) is 31.2 Å². The molecule has 0 aliphatic carbocycles. The van der Waals surface area contributed by atoms with E-state index in [0.717, 1.165) is 11.5 Å². The molecule has 6 heteroatoms. The Labute approximate surface area is 123 Å². The molecule has 0 aliphatic rings. The van der Waals surface area contributed by atoms with Gasteiger partial charge in [0.2, 0.25) is 5.91 Å². The van der Waals surface area contributed by atoms with Crippen LogP contribution in [0.2, 0.25) is 0 Å². The molecule has 1 aromatic carbocycles. The van der Waals surface area contributed by atoms with Gasteiger partial charge in [0.1, 0.15) is 11.6 Å². The molecule has 0 aliphatic heterocycles. The van der Waals surface area contributed by atoms with E-state index >= 15 is 0 Å². The van der Waals surface area contributed by atoms with Crippen LogP contribution >= 0.6 is 0 Å². The molecule has 1 amide bonds. The van der Waals surface area contributed by atoms with Crippen LogP contribution in [0, 0.1) is 0 Å². The first-order valence-electron chi connectivity index (χ1n) is 6.81. The predicted octanol–water partition coefficient (Wildman–Crippen LogP) is 1.85. The molecule has 2 rings (SSSR count). The number of imidazole rings is 1. The smallest absolute Gasteiger partial charge is 0.220 e. The molecule has 0 spiro atoms. The first-order chi connectivity index (χ1) is 10.1. The number of primary amides is 1. The van der Waals surface area contributed by atoms with Crippen LogP contribution in [-0.4, -0.2) is 22.1 Å². The number of aromatic nitrogens is 2. The summed E-state index contributed by atoms with van der Waals surface area (Å²) < 4.78 is 7.41. The van der Waals surface area contributed by atoms with Gasteiger partial charge in [-0.15, -0.1) is 0 Å². The van der Waals surface area contributed by atoms with E-state index < -0.39 is 0 Å². The van der Waals surface area contributed by atoms with E-state index in [9.17, 15) is 4.79 Å². The van der Waals surface area contributed by atoms with Crippen LogP contribution < -0.4 is 15.8 Å². The molecular weight excluding hydrogens is 268 g/mol. The quantitative estimate of drug-likeness (QED) is 0.814. The summed E-state index contributed by atoms with van der Waals surface area (Å²) in [7, 11) is 1.97. The Balaban J connectivity index is 1.90. The van der Waals surface area contributed by atoms with Gasteiger partial charge in [0.05, 0.1) is 19.1 Å². The number of aryl methyl sites for hydroxylation is 1. The van der Waals surface area contributed by atoms with Gasteiger partial charge < -0.3 is 20.4 Å². The fraction of sp³-hybridized carbons (Fsp3) is 0.333. The molecule has 1 atom stereocenters. The summed E-state index contributed by atoms with van der Waals surface area (Å²) in [5.74, 6) is 1.32. The number of anilines is 1. The number of nitrogens with one attached hydrogen (secondary N) is 1. The standard InChI is InChI=1S/C15H20N4O2/c1-11(15-17-8-9-19(15)2)18-12-3-5-13(6-4-12)21-10-7-14(16)20/h3-6,8-9,11,18H,7,10H2,1-2H3,(H2,16,20). The summed E-state index contributed by atoms with van der Waals surface area (Å²) in [6, 6.07) is 7.67. The number of rotatable bonds is 7. The van der Waals surface area contributed by atoms with Gasteiger partial charge in [-0.1, -0.05) is 0 Å². The topological polar surface area (TPSA) is 82.2 Å². The Morgan fingerprint density at radius 3 is 2.71 bits per heavy atom. The molecule has 0 saturated carbocycles. The van der Waals surface area contributed by atoms with E-state index in [0.29, 0.717) is 12.4 Å². The van der Waals surface area contributed by atoms with E-state index in [1.54, 1.807) is 6.20 Å². The lowest BCUT2D eigenvalue weighted by molar-refractivity contribution is -0.118. The second-order valence-corrected chi connectivity index (χ2v) is 4.85. The van der Waals surface area contributed by atoms with Crippen molar-refractivity contribution in [3.8, 4) is 5.75 Å². The highest BCUT2D eigenvalue weighted by atomic mass is 16.5. The first-order valence-corrected chi connectivity index (χ1v) is 6.81. The molecule has 3 N–H and O–H groups in total. The molecule has 0 saturated heterocycles. The average molecular weight is 288 g/mol. The molecule has 0 fully saturated rings. The monoisotopic (exact) mass is 288 g/mol. The average Bonchev–Trinajstić information content (AvgIpc) is 2.87. The summed E-state index contributed by atoms with van der Waals surface area (Å²) in [5.41, 5.74) is 6.04. The molecule has 6 nitrogen and oxygen atoms in total. The van der Waals surface area contributed by atoms with Crippen molar-refractivity contribution in [2.24, 2.45) is 12.8 Å². The van der Waals surface area contributed by atoms with Crippen LogP contribution in [0.25, 0.3) is 0 Å². The molecule has 0 bridgehead atoms. The van der Waals surface area contributed by atoms with Crippen LogP contribution in [0.5, 0.6) is 5.75 Å². The van der Waals surface area contributed by atoms with E-state index in [1.165, 1.54) is 0 Å². The van der Waals surface area contributed by atoms with Crippen molar-refractivity contribution in [2.45, 2.75) is 19.4 Å². The highest BCUT2D eigenvalue weighted by Crippen LogP contribution is 2.20. The predicted molar refractivity (Wildman–Crippen MR) is 81.0 cm³/mol. The number of benzene rings is 1. The third-order valence-corrected chi connectivity index (χ3v) is 3.10. The number of nitrogens with two attached hydrogens (primary N) is 1. The zero-order valence-corrected chi connectivity index (χ0v) is 12.2. The Bertz CT molecular complexity index is 592. The zero-order chi connectivity index (χ0) is 15.2. The molecule has 21 heavy (non-hydrogen) atoms. The van der Waals surface area contributed by atoms with E-state index in [4.69, 9.17) is 10.5 Å². The molecular formula is C15H20N4O2. The number of carbonyl (C=O) groups excluding carboxylic acids is 1. The largest absolute Gasteiger partial charge is 0.493 e. The molecule has 0 radical (unpaired) electrons.